The fourth-order valence-corrected chi connectivity index (χ4v) is 2.21. The number of hydrogen-bond donors (Lipinski definition) is 0. The molecule has 0 saturated carbocycles. The van der Waals surface area contributed by atoms with Gasteiger partial charge in [-0.3, -0.25) is 4.79 Å². The Morgan fingerprint density at radius 1 is 1.30 bits per heavy atom. The third kappa shape index (κ3) is 4.69. The molecule has 126 valence electrons. The Labute approximate surface area is 135 Å². The number of carbonyl (C=O) groups excluding carboxylic acids is 2. The summed E-state index contributed by atoms with van der Waals surface area (Å²) >= 11 is 0. The lowest BCUT2D eigenvalue weighted by atomic mass is 10.0. The van der Waals surface area contributed by atoms with E-state index in [1.165, 1.54) is 14.0 Å². The van der Waals surface area contributed by atoms with Crippen molar-refractivity contribution in [3.05, 3.63) is 23.3 Å². The summed E-state index contributed by atoms with van der Waals surface area (Å²) in [6, 6.07) is 3.36. The normalized spacial score (nSPS) is 15.9. The van der Waals surface area contributed by atoms with Gasteiger partial charge in [0.25, 0.3) is 0 Å². The summed E-state index contributed by atoms with van der Waals surface area (Å²) in [6.07, 6.45) is 1.62. The molecule has 1 aliphatic heterocycles. The van der Waals surface area contributed by atoms with E-state index in [1.54, 1.807) is 12.1 Å². The molecule has 2 rings (SSSR count). The summed E-state index contributed by atoms with van der Waals surface area (Å²) in [5.74, 6) is 0.525. The van der Waals surface area contributed by atoms with Gasteiger partial charge >= 0.3 is 5.97 Å². The van der Waals surface area contributed by atoms with Crippen molar-refractivity contribution in [2.45, 2.75) is 32.8 Å². The van der Waals surface area contributed by atoms with E-state index in [0.717, 1.165) is 12.0 Å². The second-order valence-electron chi connectivity index (χ2n) is 5.36. The quantitative estimate of drug-likeness (QED) is 0.394. The highest BCUT2D eigenvalue weighted by atomic mass is 16.6. The van der Waals surface area contributed by atoms with Crippen LogP contribution in [0, 0.1) is 0 Å². The van der Waals surface area contributed by atoms with Gasteiger partial charge in [-0.05, 0) is 25.5 Å². The molecule has 0 aromatic heterocycles. The van der Waals surface area contributed by atoms with Crippen LogP contribution < -0.4 is 9.47 Å². The van der Waals surface area contributed by atoms with E-state index in [4.69, 9.17) is 14.2 Å². The lowest BCUT2D eigenvalue weighted by Crippen LogP contribution is -2.15. The van der Waals surface area contributed by atoms with Gasteiger partial charge in [-0.15, -0.1) is 0 Å². The molecule has 1 aromatic rings. The first-order valence-electron chi connectivity index (χ1n) is 7.67. The maximum atomic E-state index is 11.9. The van der Waals surface area contributed by atoms with Crippen LogP contribution in [0.5, 0.6) is 11.5 Å². The summed E-state index contributed by atoms with van der Waals surface area (Å²) in [5, 5.41) is 0. The third-order valence-electron chi connectivity index (χ3n) is 3.49. The van der Waals surface area contributed by atoms with Gasteiger partial charge in [-0.1, -0.05) is 13.3 Å². The zero-order chi connectivity index (χ0) is 16.8. The highest BCUT2D eigenvalue weighted by Gasteiger charge is 2.26. The van der Waals surface area contributed by atoms with Crippen molar-refractivity contribution in [1.82, 2.24) is 0 Å². The molecule has 1 atom stereocenters. The molecule has 0 aliphatic carbocycles. The van der Waals surface area contributed by atoms with Crippen LogP contribution in [-0.2, 0) is 20.7 Å². The van der Waals surface area contributed by atoms with Crippen LogP contribution in [0.25, 0.3) is 0 Å². The van der Waals surface area contributed by atoms with Crippen molar-refractivity contribution in [2.75, 3.05) is 26.9 Å². The first-order chi connectivity index (χ1) is 11.1. The van der Waals surface area contributed by atoms with E-state index in [9.17, 15) is 9.59 Å². The maximum Gasteiger partial charge on any atom is 0.343 e. The highest BCUT2D eigenvalue weighted by molar-refractivity contribution is 5.97. The molecule has 1 fully saturated rings. The van der Waals surface area contributed by atoms with Crippen molar-refractivity contribution >= 4 is 11.8 Å². The second-order valence-corrected chi connectivity index (χ2v) is 5.36. The number of methoxy groups -OCH3 is 1. The first-order valence-corrected chi connectivity index (χ1v) is 7.67. The van der Waals surface area contributed by atoms with Gasteiger partial charge < -0.3 is 18.9 Å². The van der Waals surface area contributed by atoms with Gasteiger partial charge in [0.15, 0.2) is 12.4 Å². The molecular weight excluding hydrogens is 300 g/mol. The van der Waals surface area contributed by atoms with Crippen molar-refractivity contribution in [2.24, 2.45) is 0 Å². The largest absolute Gasteiger partial charge is 0.490 e. The van der Waals surface area contributed by atoms with Crippen molar-refractivity contribution in [1.29, 1.82) is 0 Å². The minimum Gasteiger partial charge on any atom is -0.490 e. The van der Waals surface area contributed by atoms with Gasteiger partial charge in [0.2, 0.25) is 0 Å². The van der Waals surface area contributed by atoms with E-state index >= 15 is 0 Å². The first kappa shape index (κ1) is 17.3. The Kier molecular flexibility index (Phi) is 5.98. The van der Waals surface area contributed by atoms with Crippen LogP contribution in [0.15, 0.2) is 12.1 Å². The SMILES string of the molecule is CCCc1c(OCC(=O)OC)ccc(C(C)=O)c1OCC1CO1. The van der Waals surface area contributed by atoms with Gasteiger partial charge in [-0.2, -0.15) is 0 Å². The number of Topliss-reactive ketones (excluding diaryl/α,β-unsaturated/α-hetero) is 1. The number of ether oxygens (including phenoxy) is 4. The number of benzene rings is 1. The molecule has 0 N–H and O–H groups in total. The Balaban J connectivity index is 2.30. The van der Waals surface area contributed by atoms with E-state index in [0.29, 0.717) is 36.7 Å². The molecule has 1 heterocycles. The van der Waals surface area contributed by atoms with Crippen LogP contribution in [0.2, 0.25) is 0 Å². The Morgan fingerprint density at radius 3 is 2.61 bits per heavy atom. The molecular formula is C17H22O6. The monoisotopic (exact) mass is 322 g/mol. The summed E-state index contributed by atoms with van der Waals surface area (Å²) in [6.45, 7) is 4.42. The lowest BCUT2D eigenvalue weighted by Gasteiger charge is -2.18. The van der Waals surface area contributed by atoms with Crippen LogP contribution in [0.4, 0.5) is 0 Å². The minimum atomic E-state index is -0.461. The number of epoxide rings is 1. The van der Waals surface area contributed by atoms with Crippen LogP contribution in [-0.4, -0.2) is 44.8 Å². The zero-order valence-electron chi connectivity index (χ0n) is 13.7. The van der Waals surface area contributed by atoms with Gasteiger partial charge in [0.05, 0.1) is 19.3 Å². The molecule has 1 unspecified atom stereocenters. The molecule has 1 aliphatic rings. The van der Waals surface area contributed by atoms with E-state index < -0.39 is 5.97 Å². The third-order valence-corrected chi connectivity index (χ3v) is 3.49. The minimum absolute atomic E-state index is 0.0754. The molecule has 0 spiro atoms. The van der Waals surface area contributed by atoms with Crippen molar-refractivity contribution in [3.8, 4) is 11.5 Å². The summed E-state index contributed by atoms with van der Waals surface area (Å²) in [4.78, 5) is 23.2. The standard InChI is InChI=1S/C17H22O6/c1-4-5-14-15(22-10-16(19)20-3)7-6-13(11(2)18)17(14)23-9-12-8-21-12/h6-7,12H,4-5,8-10H2,1-3H3. The van der Waals surface area contributed by atoms with E-state index in [-0.39, 0.29) is 18.5 Å². The Bertz CT molecular complexity index is 577. The molecule has 0 bridgehead atoms. The van der Waals surface area contributed by atoms with Crippen LogP contribution >= 0.6 is 0 Å². The summed E-state index contributed by atoms with van der Waals surface area (Å²) in [5.41, 5.74) is 1.31. The fourth-order valence-electron chi connectivity index (χ4n) is 2.21. The maximum absolute atomic E-state index is 11.9. The number of esters is 1. The van der Waals surface area contributed by atoms with E-state index in [1.807, 2.05) is 6.92 Å². The predicted octanol–water partition coefficient (Wildman–Crippen LogP) is 2.17. The number of carbonyl (C=O) groups is 2. The molecule has 0 radical (unpaired) electrons. The zero-order valence-corrected chi connectivity index (χ0v) is 13.7. The molecule has 1 saturated heterocycles. The van der Waals surface area contributed by atoms with E-state index in [2.05, 4.69) is 4.74 Å². The average molecular weight is 322 g/mol. The predicted molar refractivity (Wildman–Crippen MR) is 83.2 cm³/mol. The van der Waals surface area contributed by atoms with Gasteiger partial charge in [0, 0.05) is 5.56 Å². The molecule has 6 heteroatoms. The van der Waals surface area contributed by atoms with Gasteiger partial charge in [-0.25, -0.2) is 4.79 Å². The molecule has 1 aromatic carbocycles. The fraction of sp³-hybridized carbons (Fsp3) is 0.529. The average Bonchev–Trinajstić information content (AvgIpc) is 3.35. The van der Waals surface area contributed by atoms with Crippen molar-refractivity contribution in [3.63, 3.8) is 0 Å². The summed E-state index contributed by atoms with van der Waals surface area (Å²) in [7, 11) is 1.31. The smallest absolute Gasteiger partial charge is 0.343 e. The molecule has 23 heavy (non-hydrogen) atoms. The number of hydrogen-bond acceptors (Lipinski definition) is 6. The molecule has 6 nitrogen and oxygen atoms in total. The second kappa shape index (κ2) is 7.97. The summed E-state index contributed by atoms with van der Waals surface area (Å²) < 4.78 is 21.1. The topological polar surface area (TPSA) is 74.4 Å². The number of ketones is 1. The Hall–Kier alpha value is -2.08. The molecule has 0 amide bonds. The van der Waals surface area contributed by atoms with Crippen LogP contribution in [0.1, 0.15) is 36.2 Å². The van der Waals surface area contributed by atoms with Crippen molar-refractivity contribution < 1.29 is 28.5 Å². The highest BCUT2D eigenvalue weighted by Crippen LogP contribution is 2.34. The van der Waals surface area contributed by atoms with Gasteiger partial charge in [0.1, 0.15) is 24.2 Å². The Morgan fingerprint density at radius 2 is 2.04 bits per heavy atom. The number of rotatable bonds is 9. The lowest BCUT2D eigenvalue weighted by molar-refractivity contribution is -0.142. The van der Waals surface area contributed by atoms with Crippen LogP contribution in [0.3, 0.4) is 0 Å².